The van der Waals surface area contributed by atoms with Gasteiger partial charge in [0.15, 0.2) is 10.8 Å². The van der Waals surface area contributed by atoms with Crippen LogP contribution in [0.25, 0.3) is 0 Å². The average molecular weight is 567 g/mol. The summed E-state index contributed by atoms with van der Waals surface area (Å²) in [5.74, 6) is -1.64. The van der Waals surface area contributed by atoms with Crippen LogP contribution in [0.15, 0.2) is 50.5 Å². The molecule has 1 aromatic heterocycles. The summed E-state index contributed by atoms with van der Waals surface area (Å²) in [6, 6.07) is 3.33. The summed E-state index contributed by atoms with van der Waals surface area (Å²) in [6.07, 6.45) is 1.64. The lowest BCUT2D eigenvalue weighted by Crippen LogP contribution is -2.61. The first kappa shape index (κ1) is 25.4. The number of nitrogens with one attached hydrogen (secondary N) is 1. The molecule has 3 heterocycles. The van der Waals surface area contributed by atoms with Gasteiger partial charge in [-0.1, -0.05) is 22.0 Å². The van der Waals surface area contributed by atoms with Gasteiger partial charge in [0.2, 0.25) is 0 Å². The maximum absolute atomic E-state index is 13.9. The van der Waals surface area contributed by atoms with Gasteiger partial charge >= 0.3 is 11.9 Å². The number of carboxylic acids is 1. The van der Waals surface area contributed by atoms with Crippen molar-refractivity contribution in [1.82, 2.24) is 15.2 Å². The lowest BCUT2D eigenvalue weighted by molar-refractivity contribution is -0.161. The summed E-state index contributed by atoms with van der Waals surface area (Å²) < 4.78 is 25.1. The van der Waals surface area contributed by atoms with Crippen molar-refractivity contribution in [3.63, 3.8) is 0 Å². The molecular formula is C23H24BrFN4O5S. The molecule has 186 valence electrons. The number of aliphatic imine (C=N–C) groups is 1. The van der Waals surface area contributed by atoms with Crippen LogP contribution < -0.4 is 5.32 Å². The van der Waals surface area contributed by atoms with Gasteiger partial charge in [0, 0.05) is 34.8 Å². The molecule has 1 aromatic carbocycles. The van der Waals surface area contributed by atoms with E-state index in [9.17, 15) is 19.1 Å². The van der Waals surface area contributed by atoms with Crippen LogP contribution in [0.5, 0.6) is 0 Å². The number of amidine groups is 1. The summed E-state index contributed by atoms with van der Waals surface area (Å²) in [5, 5.41) is 15.5. The number of thiazole rings is 1. The Morgan fingerprint density at radius 2 is 2.26 bits per heavy atom. The topological polar surface area (TPSA) is 113 Å². The fourth-order valence-corrected chi connectivity index (χ4v) is 5.15. The van der Waals surface area contributed by atoms with Crippen molar-refractivity contribution in [1.29, 1.82) is 0 Å². The van der Waals surface area contributed by atoms with E-state index in [1.54, 1.807) is 36.4 Å². The molecule has 0 radical (unpaired) electrons. The van der Waals surface area contributed by atoms with Crippen molar-refractivity contribution in [2.75, 3.05) is 32.9 Å². The Labute approximate surface area is 213 Å². The van der Waals surface area contributed by atoms with E-state index in [0.29, 0.717) is 39.7 Å². The maximum atomic E-state index is 13.9. The van der Waals surface area contributed by atoms with Crippen LogP contribution in [0.1, 0.15) is 30.5 Å². The standard InChI is InChI=1S/C23H24BrFN4O5S/c1-3-34-21(30)17-16(11-29-7-8-33-12-23(29,2)22(31)32)27-19(20-26-6-9-35-20)28-18(17)14-5-4-13(25)10-15(14)24/h4-6,9-10,18H,3,7-8,11-12H2,1-2H3,(H,27,28)(H,31,32)/t18?,23-/m0/s1. The SMILES string of the molecule is CCOC(=O)C1=C(CN2CCOC[C@@]2(C)C(=O)O)NC(c2nccs2)=NC1c1ccc(F)cc1Br. The number of ether oxygens (including phenoxy) is 2. The Bertz CT molecular complexity index is 1190. The van der Waals surface area contributed by atoms with Gasteiger partial charge in [-0.15, -0.1) is 11.3 Å². The van der Waals surface area contributed by atoms with Crippen LogP contribution >= 0.6 is 27.3 Å². The first-order valence-electron chi connectivity index (χ1n) is 10.9. The Balaban J connectivity index is 1.86. The van der Waals surface area contributed by atoms with Crippen molar-refractivity contribution in [3.8, 4) is 0 Å². The van der Waals surface area contributed by atoms with E-state index in [-0.39, 0.29) is 25.3 Å². The number of nitrogens with zero attached hydrogens (tertiary/aromatic N) is 3. The highest BCUT2D eigenvalue weighted by atomic mass is 79.9. The monoisotopic (exact) mass is 566 g/mol. The van der Waals surface area contributed by atoms with Gasteiger partial charge in [0.05, 0.1) is 25.4 Å². The number of rotatable bonds is 7. The van der Waals surface area contributed by atoms with Crippen molar-refractivity contribution < 1.29 is 28.6 Å². The van der Waals surface area contributed by atoms with Crippen LogP contribution in [0, 0.1) is 5.82 Å². The molecule has 0 saturated carbocycles. The number of aromatic nitrogens is 1. The minimum atomic E-state index is -1.30. The van der Waals surface area contributed by atoms with E-state index in [2.05, 4.69) is 26.2 Å². The normalized spacial score (nSPS) is 23.0. The van der Waals surface area contributed by atoms with Gasteiger partial charge in [-0.05, 0) is 31.5 Å². The number of morpholine rings is 1. The predicted molar refractivity (Wildman–Crippen MR) is 131 cm³/mol. The molecule has 2 atom stereocenters. The molecule has 2 aliphatic rings. The second kappa shape index (κ2) is 10.5. The van der Waals surface area contributed by atoms with Gasteiger partial charge in [0.25, 0.3) is 0 Å². The van der Waals surface area contributed by atoms with Gasteiger partial charge < -0.3 is 19.9 Å². The molecule has 35 heavy (non-hydrogen) atoms. The Morgan fingerprint density at radius 1 is 1.46 bits per heavy atom. The number of hydrogen-bond donors (Lipinski definition) is 2. The minimum Gasteiger partial charge on any atom is -0.480 e. The summed E-state index contributed by atoms with van der Waals surface area (Å²) >= 11 is 4.76. The van der Waals surface area contributed by atoms with Crippen LogP contribution in [-0.4, -0.2) is 71.2 Å². The number of benzene rings is 1. The molecule has 0 spiro atoms. The molecule has 2 aromatic rings. The third kappa shape index (κ3) is 5.15. The maximum Gasteiger partial charge on any atom is 0.338 e. The lowest BCUT2D eigenvalue weighted by Gasteiger charge is -2.42. The summed E-state index contributed by atoms with van der Waals surface area (Å²) in [6.45, 7) is 4.23. The lowest BCUT2D eigenvalue weighted by atomic mass is 9.93. The largest absolute Gasteiger partial charge is 0.480 e. The van der Waals surface area contributed by atoms with E-state index >= 15 is 0 Å². The van der Waals surface area contributed by atoms with Crippen LogP contribution in [0.4, 0.5) is 4.39 Å². The van der Waals surface area contributed by atoms with E-state index in [1.807, 2.05) is 0 Å². The zero-order chi connectivity index (χ0) is 25.2. The zero-order valence-electron chi connectivity index (χ0n) is 19.1. The van der Waals surface area contributed by atoms with E-state index in [4.69, 9.17) is 14.5 Å². The molecule has 0 amide bonds. The van der Waals surface area contributed by atoms with E-state index in [0.717, 1.165) is 0 Å². The highest BCUT2D eigenvalue weighted by Crippen LogP contribution is 2.37. The number of carboxylic acid groups (broad SMARTS) is 1. The van der Waals surface area contributed by atoms with Crippen molar-refractivity contribution in [2.45, 2.75) is 25.4 Å². The first-order chi connectivity index (χ1) is 16.7. The summed E-state index contributed by atoms with van der Waals surface area (Å²) in [7, 11) is 0. The minimum absolute atomic E-state index is 0.00468. The summed E-state index contributed by atoms with van der Waals surface area (Å²) in [4.78, 5) is 36.2. The average Bonchev–Trinajstić information content (AvgIpc) is 3.35. The highest BCUT2D eigenvalue weighted by Gasteiger charge is 2.44. The molecule has 1 unspecified atom stereocenters. The number of carbonyl (C=O) groups excluding carboxylic acids is 1. The third-order valence-corrected chi connectivity index (χ3v) is 7.38. The molecule has 2 aliphatic heterocycles. The number of halogens is 2. The molecule has 9 nitrogen and oxygen atoms in total. The van der Waals surface area contributed by atoms with Gasteiger partial charge in [-0.3, -0.25) is 14.7 Å². The van der Waals surface area contributed by atoms with Gasteiger partial charge in [-0.25, -0.2) is 14.2 Å². The van der Waals surface area contributed by atoms with Gasteiger partial charge in [0.1, 0.15) is 17.4 Å². The molecule has 1 saturated heterocycles. The van der Waals surface area contributed by atoms with Gasteiger partial charge in [-0.2, -0.15) is 0 Å². The van der Waals surface area contributed by atoms with Crippen molar-refractivity contribution in [3.05, 3.63) is 61.9 Å². The van der Waals surface area contributed by atoms with Crippen molar-refractivity contribution >= 4 is 45.0 Å². The molecule has 2 N–H and O–H groups in total. The molecule has 4 rings (SSSR count). The van der Waals surface area contributed by atoms with Crippen LogP contribution in [-0.2, 0) is 19.1 Å². The Kier molecular flexibility index (Phi) is 7.64. The molecule has 1 fully saturated rings. The quantitative estimate of drug-likeness (QED) is 0.491. The smallest absolute Gasteiger partial charge is 0.338 e. The van der Waals surface area contributed by atoms with E-state index in [1.165, 1.54) is 23.5 Å². The van der Waals surface area contributed by atoms with Crippen molar-refractivity contribution in [2.24, 2.45) is 4.99 Å². The fourth-order valence-electron chi connectivity index (χ4n) is 3.99. The third-order valence-electron chi connectivity index (χ3n) is 5.91. The summed E-state index contributed by atoms with van der Waals surface area (Å²) in [5.41, 5.74) is -0.0716. The second-order valence-electron chi connectivity index (χ2n) is 8.17. The van der Waals surface area contributed by atoms with Crippen LogP contribution in [0.2, 0.25) is 0 Å². The Hall–Kier alpha value is -2.67. The highest BCUT2D eigenvalue weighted by molar-refractivity contribution is 9.10. The molecular weight excluding hydrogens is 543 g/mol. The van der Waals surface area contributed by atoms with Crippen LogP contribution in [0.3, 0.4) is 0 Å². The number of esters is 1. The first-order valence-corrected chi connectivity index (χ1v) is 12.6. The number of hydrogen-bond acceptors (Lipinski definition) is 9. The van der Waals surface area contributed by atoms with E-state index < -0.39 is 29.3 Å². The Morgan fingerprint density at radius 3 is 2.91 bits per heavy atom. The number of aliphatic carboxylic acids is 1. The zero-order valence-corrected chi connectivity index (χ0v) is 21.5. The molecule has 0 bridgehead atoms. The fraction of sp³-hybridized carbons (Fsp3) is 0.391. The number of carbonyl (C=O) groups is 2. The molecule has 12 heteroatoms. The second-order valence-corrected chi connectivity index (χ2v) is 9.92. The molecule has 0 aliphatic carbocycles. The predicted octanol–water partition coefficient (Wildman–Crippen LogP) is 3.13.